The van der Waals surface area contributed by atoms with Crippen LogP contribution in [0, 0.1) is 5.92 Å². The van der Waals surface area contributed by atoms with E-state index in [4.69, 9.17) is 16.3 Å². The number of aliphatic hydroxyl groups is 1. The van der Waals surface area contributed by atoms with Gasteiger partial charge in [-0.15, -0.1) is 0 Å². The van der Waals surface area contributed by atoms with Crippen molar-refractivity contribution >= 4 is 33.4 Å². The summed E-state index contributed by atoms with van der Waals surface area (Å²) in [6.45, 7) is 2.99. The lowest BCUT2D eigenvalue weighted by Gasteiger charge is -2.18. The zero-order chi connectivity index (χ0) is 14.7. The van der Waals surface area contributed by atoms with Gasteiger partial charge in [0.25, 0.3) is 5.91 Å². The second-order valence-corrected chi connectivity index (χ2v) is 6.32. The number of hydrogen-bond donors (Lipinski definition) is 1. The van der Waals surface area contributed by atoms with Gasteiger partial charge in [-0.1, -0.05) is 27.5 Å². The number of hydrogen-bond acceptors (Lipinski definition) is 3. The van der Waals surface area contributed by atoms with Crippen LogP contribution in [0.15, 0.2) is 22.7 Å². The van der Waals surface area contributed by atoms with E-state index in [0.717, 1.165) is 10.9 Å². The molecule has 1 amide bonds. The van der Waals surface area contributed by atoms with Crippen molar-refractivity contribution in [2.75, 3.05) is 19.7 Å². The second kappa shape index (κ2) is 6.78. The lowest BCUT2D eigenvalue weighted by Crippen LogP contribution is -2.34. The molecule has 0 spiro atoms. The van der Waals surface area contributed by atoms with Crippen LogP contribution in [0.3, 0.4) is 0 Å². The Morgan fingerprint density at radius 1 is 1.65 bits per heavy atom. The fourth-order valence-corrected chi connectivity index (χ4v) is 2.96. The van der Waals surface area contributed by atoms with Crippen molar-refractivity contribution in [3.05, 3.63) is 27.7 Å². The molecule has 0 aromatic heterocycles. The van der Waals surface area contributed by atoms with E-state index in [0.29, 0.717) is 23.9 Å². The van der Waals surface area contributed by atoms with Gasteiger partial charge < -0.3 is 14.7 Å². The minimum Gasteiger partial charge on any atom is -0.482 e. The van der Waals surface area contributed by atoms with Gasteiger partial charge in [-0.05, 0) is 31.5 Å². The van der Waals surface area contributed by atoms with Crippen LogP contribution in [0.5, 0.6) is 5.75 Å². The van der Waals surface area contributed by atoms with Gasteiger partial charge in [0.15, 0.2) is 6.61 Å². The number of carbonyl (C=O) groups is 1. The Hall–Kier alpha value is -0.780. The number of halogens is 2. The second-order valence-electron chi connectivity index (χ2n) is 4.99. The molecule has 4 nitrogen and oxygen atoms in total. The molecule has 1 aliphatic heterocycles. The number of benzene rings is 1. The molecule has 20 heavy (non-hydrogen) atoms. The van der Waals surface area contributed by atoms with E-state index in [9.17, 15) is 9.90 Å². The minimum atomic E-state index is -0.380. The molecule has 1 aliphatic rings. The number of likely N-dealkylation sites (tertiary alicyclic amines) is 1. The van der Waals surface area contributed by atoms with Gasteiger partial charge >= 0.3 is 0 Å². The van der Waals surface area contributed by atoms with Crippen LogP contribution in [0.25, 0.3) is 0 Å². The molecule has 1 N–H and O–H groups in total. The standard InChI is InChI=1S/C14H17BrClNO3/c1-9(18)10-4-5-17(7-10)14(19)8-20-13-3-2-11(15)6-12(13)16/h2-3,6,9-10,18H,4-5,7-8H2,1H3. The number of nitrogens with zero attached hydrogens (tertiary/aromatic N) is 1. The van der Waals surface area contributed by atoms with Crippen LogP contribution in [0.4, 0.5) is 0 Å². The quantitative estimate of drug-likeness (QED) is 0.896. The SMILES string of the molecule is CC(O)C1CCN(C(=O)COc2ccc(Br)cc2Cl)C1. The Morgan fingerprint density at radius 2 is 2.40 bits per heavy atom. The molecule has 1 heterocycles. The molecule has 2 rings (SSSR count). The summed E-state index contributed by atoms with van der Waals surface area (Å²) in [5.41, 5.74) is 0. The topological polar surface area (TPSA) is 49.8 Å². The zero-order valence-corrected chi connectivity index (χ0v) is 13.5. The summed E-state index contributed by atoms with van der Waals surface area (Å²) >= 11 is 9.34. The van der Waals surface area contributed by atoms with Crippen LogP contribution < -0.4 is 4.74 Å². The van der Waals surface area contributed by atoms with Crippen LogP contribution in [-0.2, 0) is 4.79 Å². The summed E-state index contributed by atoms with van der Waals surface area (Å²) in [5, 5.41) is 10.00. The van der Waals surface area contributed by atoms with Crippen LogP contribution in [0.2, 0.25) is 5.02 Å². The van der Waals surface area contributed by atoms with E-state index in [1.807, 2.05) is 6.07 Å². The van der Waals surface area contributed by atoms with Crippen molar-refractivity contribution in [2.24, 2.45) is 5.92 Å². The maximum absolute atomic E-state index is 12.0. The summed E-state index contributed by atoms with van der Waals surface area (Å²) in [7, 11) is 0. The van der Waals surface area contributed by atoms with Crippen molar-refractivity contribution in [1.82, 2.24) is 4.90 Å². The monoisotopic (exact) mass is 361 g/mol. The normalized spacial score (nSPS) is 20.0. The van der Waals surface area contributed by atoms with Gasteiger partial charge in [0.05, 0.1) is 11.1 Å². The lowest BCUT2D eigenvalue weighted by atomic mass is 10.0. The van der Waals surface area contributed by atoms with Gasteiger partial charge in [-0.3, -0.25) is 4.79 Å². The fourth-order valence-electron chi connectivity index (χ4n) is 2.23. The molecule has 1 fully saturated rings. The molecule has 0 aliphatic carbocycles. The number of amides is 1. The van der Waals surface area contributed by atoms with E-state index >= 15 is 0 Å². The minimum absolute atomic E-state index is 0.0338. The molecule has 2 atom stereocenters. The molecular weight excluding hydrogens is 346 g/mol. The molecule has 1 aromatic rings. The highest BCUT2D eigenvalue weighted by Crippen LogP contribution is 2.28. The average molecular weight is 363 g/mol. The molecule has 0 bridgehead atoms. The molecule has 1 saturated heterocycles. The fraction of sp³-hybridized carbons (Fsp3) is 0.500. The third-order valence-electron chi connectivity index (χ3n) is 3.50. The van der Waals surface area contributed by atoms with Gasteiger partial charge in [-0.25, -0.2) is 0 Å². The van der Waals surface area contributed by atoms with Gasteiger partial charge in [0.2, 0.25) is 0 Å². The largest absolute Gasteiger partial charge is 0.482 e. The highest BCUT2D eigenvalue weighted by atomic mass is 79.9. The maximum Gasteiger partial charge on any atom is 0.260 e. The van der Waals surface area contributed by atoms with Crippen molar-refractivity contribution < 1.29 is 14.6 Å². The first-order chi connectivity index (χ1) is 9.47. The first kappa shape index (κ1) is 15.6. The Labute approximate surface area is 131 Å². The third-order valence-corrected chi connectivity index (χ3v) is 4.29. The van der Waals surface area contributed by atoms with Crippen LogP contribution >= 0.6 is 27.5 Å². The molecule has 2 unspecified atom stereocenters. The van der Waals surface area contributed by atoms with E-state index in [-0.39, 0.29) is 24.5 Å². The Morgan fingerprint density at radius 3 is 3.00 bits per heavy atom. The van der Waals surface area contributed by atoms with Gasteiger partial charge in [0.1, 0.15) is 5.75 Å². The van der Waals surface area contributed by atoms with Crippen molar-refractivity contribution in [3.8, 4) is 5.75 Å². The first-order valence-corrected chi connectivity index (χ1v) is 7.68. The predicted octanol–water partition coefficient (Wildman–Crippen LogP) is 2.71. The summed E-state index contributed by atoms with van der Waals surface area (Å²) in [6, 6.07) is 5.26. The van der Waals surface area contributed by atoms with Crippen molar-refractivity contribution in [2.45, 2.75) is 19.4 Å². The number of carbonyl (C=O) groups excluding carboxylic acids is 1. The molecule has 1 aromatic carbocycles. The number of ether oxygens (including phenoxy) is 1. The number of aliphatic hydroxyl groups excluding tert-OH is 1. The predicted molar refractivity (Wildman–Crippen MR) is 81.0 cm³/mol. The summed E-state index contributed by atoms with van der Waals surface area (Å²) in [5.74, 6) is 0.580. The first-order valence-electron chi connectivity index (χ1n) is 6.51. The van der Waals surface area contributed by atoms with E-state index in [2.05, 4.69) is 15.9 Å². The molecule has 0 saturated carbocycles. The van der Waals surface area contributed by atoms with E-state index in [1.54, 1.807) is 24.0 Å². The van der Waals surface area contributed by atoms with E-state index in [1.165, 1.54) is 0 Å². The van der Waals surface area contributed by atoms with E-state index < -0.39 is 0 Å². The van der Waals surface area contributed by atoms with Crippen molar-refractivity contribution in [1.29, 1.82) is 0 Å². The lowest BCUT2D eigenvalue weighted by molar-refractivity contribution is -0.132. The Bertz CT molecular complexity index is 495. The molecular formula is C14H17BrClNO3. The number of rotatable bonds is 4. The smallest absolute Gasteiger partial charge is 0.260 e. The highest BCUT2D eigenvalue weighted by Gasteiger charge is 2.29. The average Bonchev–Trinajstić information content (AvgIpc) is 2.87. The van der Waals surface area contributed by atoms with Crippen molar-refractivity contribution in [3.63, 3.8) is 0 Å². The van der Waals surface area contributed by atoms with Gasteiger partial charge in [0, 0.05) is 23.5 Å². The van der Waals surface area contributed by atoms with Gasteiger partial charge in [-0.2, -0.15) is 0 Å². The van der Waals surface area contributed by atoms with Crippen LogP contribution in [0.1, 0.15) is 13.3 Å². The summed E-state index contributed by atoms with van der Waals surface area (Å²) < 4.78 is 6.32. The molecule has 6 heteroatoms. The maximum atomic E-state index is 12.0. The molecule has 110 valence electrons. The Kier molecular flexibility index (Phi) is 5.29. The highest BCUT2D eigenvalue weighted by molar-refractivity contribution is 9.10. The summed E-state index contributed by atoms with van der Waals surface area (Å²) in [6.07, 6.45) is 0.456. The zero-order valence-electron chi connectivity index (χ0n) is 11.2. The Balaban J connectivity index is 1.86. The molecule has 0 radical (unpaired) electrons. The summed E-state index contributed by atoms with van der Waals surface area (Å²) in [4.78, 5) is 13.8. The third kappa shape index (κ3) is 3.87. The van der Waals surface area contributed by atoms with Crippen LogP contribution in [-0.4, -0.2) is 41.7 Å².